The van der Waals surface area contributed by atoms with Crippen molar-refractivity contribution in [2.24, 2.45) is 23.2 Å². The van der Waals surface area contributed by atoms with Gasteiger partial charge in [-0.05, 0) is 104 Å². The first-order valence-electron chi connectivity index (χ1n) is 14.5. The molecule has 1 aromatic heterocycles. The summed E-state index contributed by atoms with van der Waals surface area (Å²) in [5.41, 5.74) is 2.72. The maximum atomic E-state index is 13.2. The van der Waals surface area contributed by atoms with E-state index in [-0.39, 0.29) is 17.4 Å². The first-order chi connectivity index (χ1) is 18.3. The summed E-state index contributed by atoms with van der Waals surface area (Å²) in [7, 11) is 0. The minimum atomic E-state index is -0.0914. The zero-order valence-corrected chi connectivity index (χ0v) is 23.0. The van der Waals surface area contributed by atoms with E-state index in [2.05, 4.69) is 62.5 Å². The van der Waals surface area contributed by atoms with Gasteiger partial charge < -0.3 is 14.5 Å². The molecule has 200 valence electrons. The van der Waals surface area contributed by atoms with Crippen LogP contribution in [0.4, 0.5) is 0 Å². The fourth-order valence-corrected chi connectivity index (χ4v) is 8.24. The molecule has 1 heterocycles. The van der Waals surface area contributed by atoms with Gasteiger partial charge >= 0.3 is 0 Å². The second-order valence-electron chi connectivity index (χ2n) is 12.8. The molecule has 3 aromatic rings. The summed E-state index contributed by atoms with van der Waals surface area (Å²) in [6, 6.07) is 22.7. The highest BCUT2D eigenvalue weighted by molar-refractivity contribution is 5.91. The number of furan rings is 1. The van der Waals surface area contributed by atoms with Crippen LogP contribution in [0.1, 0.15) is 93.2 Å². The fraction of sp³-hybridized carbons (Fsp3) is 0.500. The zero-order chi connectivity index (χ0) is 26.3. The monoisotopic (exact) mass is 511 g/mol. The molecular weight excluding hydrogens is 470 g/mol. The Hall–Kier alpha value is -3.01. The van der Waals surface area contributed by atoms with Crippen LogP contribution in [0.5, 0.6) is 5.75 Å². The number of amides is 1. The Bertz CT molecular complexity index is 1220. The molecule has 0 spiro atoms. The molecule has 4 aliphatic rings. The molecule has 2 aromatic carbocycles. The van der Waals surface area contributed by atoms with Crippen LogP contribution < -0.4 is 10.1 Å². The molecule has 4 saturated carbocycles. The summed E-state index contributed by atoms with van der Waals surface area (Å²) in [5.74, 6) is 4.35. The number of ether oxygens (including phenoxy) is 1. The maximum Gasteiger partial charge on any atom is 0.287 e. The SMILES string of the molecule is CCC(NC(=O)c1ccc(COc2ccc(C(C)(C)c3ccccc3)cc2)o1)C12CC3CC(CC(C3)C1)C2. The average molecular weight is 512 g/mol. The summed E-state index contributed by atoms with van der Waals surface area (Å²) in [6.07, 6.45) is 9.09. The van der Waals surface area contributed by atoms with Crippen molar-refractivity contribution in [2.45, 2.75) is 83.8 Å². The number of benzene rings is 2. The second kappa shape index (κ2) is 9.94. The topological polar surface area (TPSA) is 51.5 Å². The van der Waals surface area contributed by atoms with Crippen LogP contribution in [0, 0.1) is 23.2 Å². The van der Waals surface area contributed by atoms with Gasteiger partial charge in [0.05, 0.1) is 0 Å². The van der Waals surface area contributed by atoms with Crippen molar-refractivity contribution in [2.75, 3.05) is 0 Å². The molecule has 38 heavy (non-hydrogen) atoms. The molecule has 7 rings (SSSR count). The molecule has 0 aliphatic heterocycles. The lowest BCUT2D eigenvalue weighted by atomic mass is 9.47. The number of carbonyl (C=O) groups excluding carboxylic acids is 1. The fourth-order valence-electron chi connectivity index (χ4n) is 8.24. The van der Waals surface area contributed by atoms with Crippen LogP contribution in [0.15, 0.2) is 71.1 Å². The van der Waals surface area contributed by atoms with Gasteiger partial charge in [0, 0.05) is 11.5 Å². The molecule has 4 bridgehead atoms. The van der Waals surface area contributed by atoms with E-state index in [1.54, 1.807) is 6.07 Å². The smallest absolute Gasteiger partial charge is 0.287 e. The van der Waals surface area contributed by atoms with Crippen molar-refractivity contribution in [1.82, 2.24) is 5.32 Å². The summed E-state index contributed by atoms with van der Waals surface area (Å²) in [6.45, 7) is 6.98. The zero-order valence-electron chi connectivity index (χ0n) is 23.0. The van der Waals surface area contributed by atoms with Crippen LogP contribution in [-0.4, -0.2) is 11.9 Å². The van der Waals surface area contributed by atoms with E-state index in [9.17, 15) is 4.79 Å². The summed E-state index contributed by atoms with van der Waals surface area (Å²) in [4.78, 5) is 13.2. The van der Waals surface area contributed by atoms with Gasteiger partial charge in [-0.2, -0.15) is 0 Å². The predicted octanol–water partition coefficient (Wildman–Crippen LogP) is 7.91. The second-order valence-corrected chi connectivity index (χ2v) is 12.8. The Morgan fingerprint density at radius 2 is 1.53 bits per heavy atom. The van der Waals surface area contributed by atoms with Crippen LogP contribution in [0.2, 0.25) is 0 Å². The summed E-state index contributed by atoms with van der Waals surface area (Å²) < 4.78 is 11.9. The number of hydrogen-bond donors (Lipinski definition) is 1. The van der Waals surface area contributed by atoms with Crippen LogP contribution in [0.3, 0.4) is 0 Å². The van der Waals surface area contributed by atoms with Crippen LogP contribution in [0.25, 0.3) is 0 Å². The third kappa shape index (κ3) is 4.79. The first kappa shape index (κ1) is 25.3. The number of rotatable bonds is 9. The minimum Gasteiger partial charge on any atom is -0.486 e. The average Bonchev–Trinajstić information content (AvgIpc) is 3.40. The number of carbonyl (C=O) groups is 1. The van der Waals surface area contributed by atoms with Gasteiger partial charge in [-0.3, -0.25) is 4.79 Å². The first-order valence-corrected chi connectivity index (χ1v) is 14.5. The predicted molar refractivity (Wildman–Crippen MR) is 150 cm³/mol. The molecule has 1 atom stereocenters. The van der Waals surface area contributed by atoms with E-state index in [4.69, 9.17) is 9.15 Å². The molecule has 4 aliphatic carbocycles. The molecule has 4 fully saturated rings. The largest absolute Gasteiger partial charge is 0.486 e. The van der Waals surface area contributed by atoms with E-state index in [0.717, 1.165) is 29.9 Å². The van der Waals surface area contributed by atoms with Gasteiger partial charge in [0.25, 0.3) is 5.91 Å². The van der Waals surface area contributed by atoms with Crippen molar-refractivity contribution in [1.29, 1.82) is 0 Å². The highest BCUT2D eigenvalue weighted by Crippen LogP contribution is 2.61. The summed E-state index contributed by atoms with van der Waals surface area (Å²) >= 11 is 0. The van der Waals surface area contributed by atoms with E-state index in [0.29, 0.717) is 23.5 Å². The highest BCUT2D eigenvalue weighted by atomic mass is 16.5. The van der Waals surface area contributed by atoms with E-state index in [1.807, 2.05) is 24.3 Å². The lowest BCUT2D eigenvalue weighted by Gasteiger charge is -2.59. The molecule has 4 heteroatoms. The molecule has 1 unspecified atom stereocenters. The molecule has 0 radical (unpaired) electrons. The Kier molecular flexibility index (Phi) is 6.62. The van der Waals surface area contributed by atoms with E-state index >= 15 is 0 Å². The lowest BCUT2D eigenvalue weighted by Crippen LogP contribution is -2.56. The standard InChI is InChI=1S/C34H41NO3/c1-4-31(34-19-23-16-24(20-34)18-25(17-23)21-34)35-32(36)30-15-14-29(38-30)22-37-28-12-10-27(11-13-28)33(2,3)26-8-6-5-7-9-26/h5-15,23-25,31H,4,16-22H2,1-3H3,(H,35,36). The van der Waals surface area contributed by atoms with Gasteiger partial charge in [0.2, 0.25) is 0 Å². The Balaban J connectivity index is 1.06. The quantitative estimate of drug-likeness (QED) is 0.318. The third-order valence-electron chi connectivity index (χ3n) is 9.88. The van der Waals surface area contributed by atoms with Gasteiger partial charge in [0.1, 0.15) is 18.1 Å². The Morgan fingerprint density at radius 3 is 2.13 bits per heavy atom. The third-order valence-corrected chi connectivity index (χ3v) is 9.88. The van der Waals surface area contributed by atoms with Gasteiger partial charge in [0.15, 0.2) is 5.76 Å². The highest BCUT2D eigenvalue weighted by Gasteiger charge is 2.54. The van der Waals surface area contributed by atoms with Crippen molar-refractivity contribution in [3.63, 3.8) is 0 Å². The van der Waals surface area contributed by atoms with Crippen molar-refractivity contribution in [3.05, 3.63) is 89.4 Å². The molecule has 4 nitrogen and oxygen atoms in total. The van der Waals surface area contributed by atoms with Crippen molar-refractivity contribution < 1.29 is 13.9 Å². The van der Waals surface area contributed by atoms with Crippen LogP contribution in [-0.2, 0) is 12.0 Å². The minimum absolute atomic E-state index is 0.0877. The summed E-state index contributed by atoms with van der Waals surface area (Å²) in [5, 5.41) is 3.39. The molecule has 1 N–H and O–H groups in total. The van der Waals surface area contributed by atoms with Gasteiger partial charge in [-0.15, -0.1) is 0 Å². The molecular formula is C34H41NO3. The van der Waals surface area contributed by atoms with E-state index < -0.39 is 0 Å². The van der Waals surface area contributed by atoms with Crippen LogP contribution >= 0.6 is 0 Å². The number of nitrogens with one attached hydrogen (secondary N) is 1. The van der Waals surface area contributed by atoms with Gasteiger partial charge in [-0.1, -0.05) is 63.2 Å². The van der Waals surface area contributed by atoms with Crippen molar-refractivity contribution in [3.8, 4) is 5.75 Å². The normalized spacial score (nSPS) is 26.8. The number of hydrogen-bond acceptors (Lipinski definition) is 3. The molecule has 1 amide bonds. The van der Waals surface area contributed by atoms with Crippen molar-refractivity contribution >= 4 is 5.91 Å². The molecule has 0 saturated heterocycles. The van der Waals surface area contributed by atoms with Gasteiger partial charge in [-0.25, -0.2) is 0 Å². The Labute approximate surface area is 227 Å². The maximum absolute atomic E-state index is 13.2. The Morgan fingerprint density at radius 1 is 0.921 bits per heavy atom. The lowest BCUT2D eigenvalue weighted by molar-refractivity contribution is -0.0728. The van der Waals surface area contributed by atoms with E-state index in [1.165, 1.54) is 49.7 Å².